The third-order valence-electron chi connectivity index (χ3n) is 7.12. The summed E-state index contributed by atoms with van der Waals surface area (Å²) < 4.78 is 2.48. The first-order chi connectivity index (χ1) is 15.8. The quantitative estimate of drug-likeness (QED) is 0.157. The molecule has 2 atom stereocenters. The number of aromatic nitrogens is 2. The van der Waals surface area contributed by atoms with Crippen LogP contribution < -0.4 is 4.57 Å². The fourth-order valence-corrected chi connectivity index (χ4v) is 5.16. The molecule has 1 heterocycles. The summed E-state index contributed by atoms with van der Waals surface area (Å²) in [7, 11) is 0. The molecule has 2 unspecified atom stereocenters. The third-order valence-corrected chi connectivity index (χ3v) is 7.12. The Kier molecular flexibility index (Phi) is 14.9. The van der Waals surface area contributed by atoms with Crippen LogP contribution in [0.1, 0.15) is 128 Å². The van der Waals surface area contributed by atoms with Gasteiger partial charge in [-0.2, -0.15) is 0 Å². The molecule has 1 aromatic carbocycles. The van der Waals surface area contributed by atoms with E-state index in [9.17, 15) is 0 Å². The summed E-state index contributed by atoms with van der Waals surface area (Å²) in [6.07, 6.45) is 29.9. The fraction of sp³-hybridized carbons (Fsp3) is 0.700. The van der Waals surface area contributed by atoms with Crippen molar-refractivity contribution in [3.63, 3.8) is 0 Å². The van der Waals surface area contributed by atoms with Crippen LogP contribution in [-0.4, -0.2) is 4.98 Å². The lowest BCUT2D eigenvalue weighted by atomic mass is 9.84. The molecule has 1 N–H and O–H groups in total. The van der Waals surface area contributed by atoms with Crippen molar-refractivity contribution in [2.75, 3.05) is 0 Å². The average molecular weight is 440 g/mol. The Morgan fingerprint density at radius 1 is 0.688 bits per heavy atom. The molecule has 2 rings (SSSR count). The molecule has 0 saturated heterocycles. The van der Waals surface area contributed by atoms with Crippen LogP contribution >= 0.6 is 0 Å². The molecular weight excluding hydrogens is 388 g/mol. The predicted octanol–water partition coefficient (Wildman–Crippen LogP) is 8.98. The molecule has 2 heteroatoms. The molecule has 32 heavy (non-hydrogen) atoms. The van der Waals surface area contributed by atoms with Gasteiger partial charge in [-0.15, -0.1) is 0 Å². The minimum absolute atomic E-state index is 0.609. The van der Waals surface area contributed by atoms with Crippen molar-refractivity contribution in [1.82, 2.24) is 4.98 Å². The Balaban J connectivity index is 1.88. The second kappa shape index (κ2) is 17.9. The molecule has 0 amide bonds. The Morgan fingerprint density at radius 3 is 1.81 bits per heavy atom. The molecule has 0 fully saturated rings. The molecule has 0 aliphatic rings. The van der Waals surface area contributed by atoms with Gasteiger partial charge in [0, 0.05) is 5.92 Å². The van der Waals surface area contributed by atoms with E-state index in [-0.39, 0.29) is 0 Å². The van der Waals surface area contributed by atoms with E-state index in [2.05, 4.69) is 72.5 Å². The molecule has 180 valence electrons. The molecular formula is C30H51N2+. The monoisotopic (exact) mass is 439 g/mol. The van der Waals surface area contributed by atoms with E-state index >= 15 is 0 Å². The van der Waals surface area contributed by atoms with Crippen molar-refractivity contribution in [1.29, 1.82) is 0 Å². The second-order valence-corrected chi connectivity index (χ2v) is 9.90. The Labute approximate surface area is 199 Å². The highest BCUT2D eigenvalue weighted by atomic mass is 15.1. The van der Waals surface area contributed by atoms with Gasteiger partial charge in [0.25, 0.3) is 0 Å². The van der Waals surface area contributed by atoms with E-state index < -0.39 is 0 Å². The first kappa shape index (κ1) is 26.7. The van der Waals surface area contributed by atoms with Gasteiger partial charge in [-0.3, -0.25) is 4.98 Å². The minimum atomic E-state index is 0.609. The minimum Gasteiger partial charge on any atom is -0.250 e. The molecule has 0 radical (unpaired) electrons. The smallest absolute Gasteiger partial charge is 0.241 e. The van der Waals surface area contributed by atoms with E-state index in [0.717, 1.165) is 0 Å². The van der Waals surface area contributed by atoms with Gasteiger partial charge in [0.05, 0.1) is 0 Å². The molecule has 2 nitrogen and oxygen atoms in total. The number of benzene rings is 1. The molecule has 0 spiro atoms. The van der Waals surface area contributed by atoms with E-state index in [1.54, 1.807) is 0 Å². The second-order valence-electron chi connectivity index (χ2n) is 9.90. The van der Waals surface area contributed by atoms with E-state index in [1.165, 1.54) is 115 Å². The first-order valence-electron chi connectivity index (χ1n) is 13.9. The lowest BCUT2D eigenvalue weighted by Crippen LogP contribution is -2.42. The van der Waals surface area contributed by atoms with E-state index in [1.807, 2.05) is 0 Å². The van der Waals surface area contributed by atoms with Crippen LogP contribution in [0.2, 0.25) is 0 Å². The van der Waals surface area contributed by atoms with Crippen molar-refractivity contribution in [2.24, 2.45) is 5.92 Å². The van der Waals surface area contributed by atoms with Crippen LogP contribution in [0.15, 0.2) is 49.1 Å². The largest absolute Gasteiger partial charge is 0.250 e. The van der Waals surface area contributed by atoms with Crippen LogP contribution in [0.5, 0.6) is 0 Å². The normalized spacial score (nSPS) is 13.3. The zero-order valence-corrected chi connectivity index (χ0v) is 21.2. The summed E-state index contributed by atoms with van der Waals surface area (Å²) in [6.45, 7) is 4.61. The zero-order valence-electron chi connectivity index (χ0n) is 21.2. The topological polar surface area (TPSA) is 19.7 Å². The SMILES string of the molecule is CCCCCCCCCCCC(C(CCCCCCC)Cc1ccccc1)[n+]1cc[nH]c1. The Hall–Kier alpha value is -1.57. The highest BCUT2D eigenvalue weighted by Crippen LogP contribution is 2.29. The number of hydrogen-bond acceptors (Lipinski definition) is 0. The van der Waals surface area contributed by atoms with Gasteiger partial charge in [-0.25, -0.2) is 4.57 Å². The summed E-state index contributed by atoms with van der Waals surface area (Å²) in [5.74, 6) is 0.717. The Bertz CT molecular complexity index is 634. The van der Waals surface area contributed by atoms with Crippen molar-refractivity contribution in [3.05, 3.63) is 54.6 Å². The van der Waals surface area contributed by atoms with E-state index in [0.29, 0.717) is 12.0 Å². The fourth-order valence-electron chi connectivity index (χ4n) is 5.16. The number of hydrogen-bond donors (Lipinski definition) is 1. The maximum absolute atomic E-state index is 3.31. The van der Waals surface area contributed by atoms with Gasteiger partial charge in [0.2, 0.25) is 6.33 Å². The summed E-state index contributed by atoms with van der Waals surface area (Å²) in [6, 6.07) is 11.8. The van der Waals surface area contributed by atoms with Gasteiger partial charge in [0.15, 0.2) is 0 Å². The first-order valence-corrected chi connectivity index (χ1v) is 13.9. The number of rotatable bonds is 20. The van der Waals surface area contributed by atoms with E-state index in [4.69, 9.17) is 0 Å². The van der Waals surface area contributed by atoms with Gasteiger partial charge < -0.3 is 0 Å². The van der Waals surface area contributed by atoms with Gasteiger partial charge in [0.1, 0.15) is 18.4 Å². The van der Waals surface area contributed by atoms with Crippen molar-refractivity contribution < 1.29 is 4.57 Å². The highest BCUT2D eigenvalue weighted by Gasteiger charge is 2.26. The van der Waals surface area contributed by atoms with Gasteiger partial charge in [-0.05, 0) is 31.2 Å². The summed E-state index contributed by atoms with van der Waals surface area (Å²) in [4.78, 5) is 3.31. The Morgan fingerprint density at radius 2 is 1.25 bits per heavy atom. The maximum Gasteiger partial charge on any atom is 0.241 e. The van der Waals surface area contributed by atoms with Gasteiger partial charge >= 0.3 is 0 Å². The molecule has 0 aliphatic heterocycles. The summed E-state index contributed by atoms with van der Waals surface area (Å²) >= 11 is 0. The predicted molar refractivity (Wildman–Crippen MR) is 139 cm³/mol. The maximum atomic E-state index is 3.31. The number of unbranched alkanes of at least 4 members (excludes halogenated alkanes) is 12. The highest BCUT2D eigenvalue weighted by molar-refractivity contribution is 5.15. The van der Waals surface area contributed by atoms with Crippen molar-refractivity contribution in [3.8, 4) is 0 Å². The summed E-state index contributed by atoms with van der Waals surface area (Å²) in [5.41, 5.74) is 1.50. The van der Waals surface area contributed by atoms with Crippen molar-refractivity contribution >= 4 is 0 Å². The molecule has 0 aliphatic carbocycles. The average Bonchev–Trinajstić information content (AvgIpc) is 3.35. The van der Waals surface area contributed by atoms with Crippen LogP contribution in [-0.2, 0) is 6.42 Å². The summed E-state index contributed by atoms with van der Waals surface area (Å²) in [5, 5.41) is 0. The number of imidazole rings is 1. The van der Waals surface area contributed by atoms with Crippen LogP contribution in [0, 0.1) is 5.92 Å². The third kappa shape index (κ3) is 11.3. The zero-order chi connectivity index (χ0) is 22.7. The number of aromatic amines is 1. The molecule has 0 bridgehead atoms. The number of nitrogens with one attached hydrogen (secondary N) is 1. The molecule has 2 aromatic rings. The lowest BCUT2D eigenvalue weighted by Gasteiger charge is -2.25. The van der Waals surface area contributed by atoms with Crippen molar-refractivity contribution in [2.45, 2.75) is 129 Å². The van der Waals surface area contributed by atoms with Gasteiger partial charge in [-0.1, -0.05) is 128 Å². The molecule has 0 saturated carbocycles. The van der Waals surface area contributed by atoms with Crippen LogP contribution in [0.25, 0.3) is 0 Å². The molecule has 1 aromatic heterocycles. The lowest BCUT2D eigenvalue weighted by molar-refractivity contribution is -0.730. The van der Waals surface area contributed by atoms with Crippen LogP contribution in [0.3, 0.4) is 0 Å². The number of H-pyrrole nitrogens is 1. The standard InChI is InChI=1S/C30H50N2/c1-3-5-7-9-10-11-12-14-19-23-30(32-25-24-31-27-32)29(22-18-13-8-6-4-2)26-28-20-16-15-17-21-28/h15-17,20-21,24-25,27,29-30H,3-14,18-19,22-23,26H2,1-2H3/p+1. The number of nitrogens with zero attached hydrogens (tertiary/aromatic N) is 1. The van der Waals surface area contributed by atoms with Crippen LogP contribution in [0.4, 0.5) is 0 Å².